The first-order valence-electron chi connectivity index (χ1n) is 10.9. The molecule has 0 bridgehead atoms. The number of Topliss-reactive ketones (excluding diaryl/α,β-unsaturated/α-hetero) is 1. The van der Waals surface area contributed by atoms with Gasteiger partial charge in [-0.3, -0.25) is 14.5 Å². The molecule has 4 rings (SSSR count). The van der Waals surface area contributed by atoms with Crippen LogP contribution in [0.2, 0.25) is 0 Å². The van der Waals surface area contributed by atoms with Gasteiger partial charge >= 0.3 is 0 Å². The fourth-order valence-electron chi connectivity index (χ4n) is 4.19. The van der Waals surface area contributed by atoms with Gasteiger partial charge in [-0.05, 0) is 47.2 Å². The van der Waals surface area contributed by atoms with E-state index in [9.17, 15) is 19.8 Å². The summed E-state index contributed by atoms with van der Waals surface area (Å²) in [7, 11) is 0. The molecule has 1 saturated heterocycles. The second-order valence-electron chi connectivity index (χ2n) is 9.35. The molecule has 5 nitrogen and oxygen atoms in total. The molecule has 3 aromatic rings. The highest BCUT2D eigenvalue weighted by atomic mass is 16.3. The van der Waals surface area contributed by atoms with Crippen molar-refractivity contribution >= 4 is 23.1 Å². The maximum absolute atomic E-state index is 13.3. The number of para-hydroxylation sites is 2. The Hall–Kier alpha value is -3.86. The number of aliphatic hydroxyl groups excluding tert-OH is 1. The number of phenols is 1. The number of phenolic OH excluding ortho intramolecular Hbond substituents is 1. The van der Waals surface area contributed by atoms with Gasteiger partial charge in [-0.1, -0.05) is 75.4 Å². The third-order valence-electron chi connectivity index (χ3n) is 6.06. The van der Waals surface area contributed by atoms with Crippen LogP contribution >= 0.6 is 0 Å². The maximum Gasteiger partial charge on any atom is 0.300 e. The quantitative estimate of drug-likeness (QED) is 0.314. The van der Waals surface area contributed by atoms with Gasteiger partial charge in [-0.15, -0.1) is 0 Å². The number of hydrogen-bond donors (Lipinski definition) is 2. The van der Waals surface area contributed by atoms with Crippen molar-refractivity contribution in [3.8, 4) is 5.75 Å². The number of carbonyl (C=O) groups excluding carboxylic acids is 2. The van der Waals surface area contributed by atoms with Crippen LogP contribution in [0.25, 0.3) is 5.76 Å². The van der Waals surface area contributed by atoms with Crippen LogP contribution in [0.3, 0.4) is 0 Å². The van der Waals surface area contributed by atoms with E-state index in [1.165, 1.54) is 11.0 Å². The number of aryl methyl sites for hydroxylation is 1. The molecule has 1 aliphatic rings. The minimum Gasteiger partial charge on any atom is -0.507 e. The van der Waals surface area contributed by atoms with Crippen LogP contribution in [0.5, 0.6) is 5.75 Å². The minimum atomic E-state index is -0.878. The summed E-state index contributed by atoms with van der Waals surface area (Å²) in [4.78, 5) is 27.8. The molecule has 1 aliphatic heterocycles. The topological polar surface area (TPSA) is 77.8 Å². The van der Waals surface area contributed by atoms with E-state index in [4.69, 9.17) is 0 Å². The van der Waals surface area contributed by atoms with Gasteiger partial charge in [0.25, 0.3) is 11.7 Å². The lowest BCUT2D eigenvalue weighted by Crippen LogP contribution is -2.29. The molecule has 1 atom stereocenters. The molecule has 168 valence electrons. The SMILES string of the molecule is Cc1ccc(C(C)(C)C)cc1/C(O)=C1\C(=O)C(=O)N(c2ccccc2O)C1c1ccccc1. The summed E-state index contributed by atoms with van der Waals surface area (Å²) in [5.41, 5.74) is 3.02. The molecule has 0 aliphatic carbocycles. The summed E-state index contributed by atoms with van der Waals surface area (Å²) in [5, 5.41) is 21.9. The fourth-order valence-corrected chi connectivity index (χ4v) is 4.19. The molecule has 1 amide bonds. The van der Waals surface area contributed by atoms with Crippen molar-refractivity contribution in [1.29, 1.82) is 0 Å². The van der Waals surface area contributed by atoms with Crippen molar-refractivity contribution < 1.29 is 19.8 Å². The monoisotopic (exact) mass is 441 g/mol. The van der Waals surface area contributed by atoms with Crippen LogP contribution in [0, 0.1) is 6.92 Å². The van der Waals surface area contributed by atoms with Gasteiger partial charge in [-0.25, -0.2) is 0 Å². The molecule has 0 radical (unpaired) electrons. The molecule has 1 fully saturated rings. The van der Waals surface area contributed by atoms with E-state index in [0.717, 1.165) is 11.1 Å². The molecule has 33 heavy (non-hydrogen) atoms. The predicted molar refractivity (Wildman–Crippen MR) is 129 cm³/mol. The average Bonchev–Trinajstić information content (AvgIpc) is 3.04. The number of nitrogens with zero attached hydrogens (tertiary/aromatic N) is 1. The standard InChI is InChI=1S/C28H27NO4/c1-17-14-15-19(28(2,3)4)16-20(17)25(31)23-24(18-10-6-5-7-11-18)29(27(33)26(23)32)21-12-8-9-13-22(21)30/h5-16,24,30-31H,1-4H3/b25-23+. The molecule has 0 aromatic heterocycles. The Bertz CT molecular complexity index is 1270. The van der Waals surface area contributed by atoms with Crippen molar-refractivity contribution in [1.82, 2.24) is 0 Å². The number of hydrogen-bond acceptors (Lipinski definition) is 4. The summed E-state index contributed by atoms with van der Waals surface area (Å²) in [6.45, 7) is 8.08. The van der Waals surface area contributed by atoms with E-state index in [1.807, 2.05) is 43.3 Å². The lowest BCUT2D eigenvalue weighted by molar-refractivity contribution is -0.132. The van der Waals surface area contributed by atoms with Crippen LogP contribution in [0.4, 0.5) is 5.69 Å². The number of benzene rings is 3. The molecule has 0 saturated carbocycles. The van der Waals surface area contributed by atoms with Crippen molar-refractivity contribution in [2.75, 3.05) is 4.90 Å². The second-order valence-corrected chi connectivity index (χ2v) is 9.35. The Labute approximate surface area is 193 Å². The summed E-state index contributed by atoms with van der Waals surface area (Å²) >= 11 is 0. The largest absolute Gasteiger partial charge is 0.507 e. The van der Waals surface area contributed by atoms with Crippen molar-refractivity contribution in [3.63, 3.8) is 0 Å². The molecule has 0 spiro atoms. The number of aliphatic hydroxyl groups is 1. The third-order valence-corrected chi connectivity index (χ3v) is 6.06. The zero-order valence-electron chi connectivity index (χ0n) is 19.2. The number of ketones is 1. The first kappa shape index (κ1) is 22.3. The van der Waals surface area contributed by atoms with Crippen LogP contribution in [-0.2, 0) is 15.0 Å². The van der Waals surface area contributed by atoms with E-state index in [0.29, 0.717) is 11.1 Å². The third kappa shape index (κ3) is 3.91. The van der Waals surface area contributed by atoms with Gasteiger partial charge < -0.3 is 10.2 Å². The summed E-state index contributed by atoms with van der Waals surface area (Å²) in [6.07, 6.45) is 0. The molecular formula is C28H27NO4. The first-order chi connectivity index (χ1) is 15.6. The van der Waals surface area contributed by atoms with Crippen LogP contribution < -0.4 is 4.90 Å². The van der Waals surface area contributed by atoms with Crippen LogP contribution in [0.15, 0.2) is 78.4 Å². The lowest BCUT2D eigenvalue weighted by atomic mass is 9.84. The van der Waals surface area contributed by atoms with E-state index in [2.05, 4.69) is 20.8 Å². The molecule has 3 aromatic carbocycles. The van der Waals surface area contributed by atoms with E-state index in [1.54, 1.807) is 30.3 Å². The fraction of sp³-hybridized carbons (Fsp3) is 0.214. The Kier molecular flexibility index (Phi) is 5.58. The van der Waals surface area contributed by atoms with E-state index in [-0.39, 0.29) is 28.2 Å². The minimum absolute atomic E-state index is 0.00334. The van der Waals surface area contributed by atoms with Gasteiger partial charge in [0.2, 0.25) is 0 Å². The summed E-state index contributed by atoms with van der Waals surface area (Å²) in [6, 6.07) is 20.4. The summed E-state index contributed by atoms with van der Waals surface area (Å²) < 4.78 is 0. The highest BCUT2D eigenvalue weighted by molar-refractivity contribution is 6.52. The molecular weight excluding hydrogens is 414 g/mol. The number of carbonyl (C=O) groups is 2. The smallest absolute Gasteiger partial charge is 0.300 e. The van der Waals surface area contributed by atoms with Crippen molar-refractivity contribution in [2.45, 2.75) is 39.2 Å². The Morgan fingerprint density at radius 1 is 0.909 bits per heavy atom. The van der Waals surface area contributed by atoms with E-state index < -0.39 is 17.7 Å². The van der Waals surface area contributed by atoms with Gasteiger partial charge in [0.1, 0.15) is 11.5 Å². The predicted octanol–water partition coefficient (Wildman–Crippen LogP) is 5.62. The lowest BCUT2D eigenvalue weighted by Gasteiger charge is -2.26. The zero-order chi connectivity index (χ0) is 23.9. The number of anilines is 1. The second kappa shape index (κ2) is 8.24. The number of amides is 1. The Morgan fingerprint density at radius 2 is 1.55 bits per heavy atom. The molecule has 1 unspecified atom stereocenters. The Morgan fingerprint density at radius 3 is 2.18 bits per heavy atom. The van der Waals surface area contributed by atoms with Gasteiger partial charge in [0, 0.05) is 5.56 Å². The first-order valence-corrected chi connectivity index (χ1v) is 10.9. The van der Waals surface area contributed by atoms with Crippen molar-refractivity contribution in [3.05, 3.63) is 101 Å². The highest BCUT2D eigenvalue weighted by Gasteiger charge is 2.47. The molecule has 2 N–H and O–H groups in total. The zero-order valence-corrected chi connectivity index (χ0v) is 19.2. The van der Waals surface area contributed by atoms with Crippen molar-refractivity contribution in [2.24, 2.45) is 0 Å². The number of aromatic hydroxyl groups is 1. The van der Waals surface area contributed by atoms with Gasteiger partial charge in [0.15, 0.2) is 0 Å². The van der Waals surface area contributed by atoms with Gasteiger partial charge in [-0.2, -0.15) is 0 Å². The van der Waals surface area contributed by atoms with Gasteiger partial charge in [0.05, 0.1) is 17.3 Å². The molecule has 5 heteroatoms. The van der Waals surface area contributed by atoms with Crippen LogP contribution in [0.1, 0.15) is 49.1 Å². The van der Waals surface area contributed by atoms with E-state index >= 15 is 0 Å². The van der Waals surface area contributed by atoms with Crippen LogP contribution in [-0.4, -0.2) is 21.9 Å². The maximum atomic E-state index is 13.3. The summed E-state index contributed by atoms with van der Waals surface area (Å²) in [5.74, 6) is -1.92. The normalized spacial score (nSPS) is 18.1. The number of rotatable bonds is 3. The average molecular weight is 442 g/mol. The highest BCUT2D eigenvalue weighted by Crippen LogP contribution is 2.45. The molecule has 1 heterocycles. The Balaban J connectivity index is 1.99.